The van der Waals surface area contributed by atoms with Crippen molar-refractivity contribution in [3.8, 4) is 0 Å². The predicted octanol–water partition coefficient (Wildman–Crippen LogP) is 2.53. The van der Waals surface area contributed by atoms with Gasteiger partial charge in [0.2, 0.25) is 0 Å². The molecule has 0 aliphatic carbocycles. The Hall–Kier alpha value is -2.70. The lowest BCUT2D eigenvalue weighted by Crippen LogP contribution is -2.48. The number of benzene rings is 2. The van der Waals surface area contributed by atoms with E-state index in [9.17, 15) is 9.59 Å². The summed E-state index contributed by atoms with van der Waals surface area (Å²) in [5, 5.41) is 1.08. The summed E-state index contributed by atoms with van der Waals surface area (Å²) in [7, 11) is 0. The van der Waals surface area contributed by atoms with Gasteiger partial charge in [-0.25, -0.2) is 4.98 Å². The highest BCUT2D eigenvalue weighted by molar-refractivity contribution is 6.31. The normalized spacial score (nSPS) is 15.2. The van der Waals surface area contributed by atoms with Gasteiger partial charge in [-0.1, -0.05) is 29.8 Å². The average molecular weight is 383 g/mol. The van der Waals surface area contributed by atoms with Gasteiger partial charge in [0, 0.05) is 36.8 Å². The van der Waals surface area contributed by atoms with Gasteiger partial charge in [-0.2, -0.15) is 0 Å². The quantitative estimate of drug-likeness (QED) is 0.755. The summed E-state index contributed by atoms with van der Waals surface area (Å²) in [6.07, 6.45) is 0. The molecule has 27 heavy (non-hydrogen) atoms. The molecular weight excluding hydrogens is 364 g/mol. The molecule has 4 rings (SSSR count). The lowest BCUT2D eigenvalue weighted by atomic mass is 10.2. The summed E-state index contributed by atoms with van der Waals surface area (Å²) >= 11 is 6.01. The number of nitrogens with one attached hydrogen (secondary N) is 1. The zero-order chi connectivity index (χ0) is 18.8. The van der Waals surface area contributed by atoms with Gasteiger partial charge >= 0.3 is 0 Å². The van der Waals surface area contributed by atoms with Gasteiger partial charge in [-0.05, 0) is 30.3 Å². The van der Waals surface area contributed by atoms with Crippen LogP contribution >= 0.6 is 11.6 Å². The summed E-state index contributed by atoms with van der Waals surface area (Å²) in [6, 6.07) is 14.4. The van der Waals surface area contributed by atoms with Crippen LogP contribution in [0.4, 0.5) is 0 Å². The van der Waals surface area contributed by atoms with Crippen LogP contribution in [0.1, 0.15) is 16.2 Å². The Morgan fingerprint density at radius 2 is 1.81 bits per heavy atom. The standard InChI is InChI=1S/C20H19ClN4O2/c21-15-6-7-16-17(12-15)22-18(23-19(16)26)13-24-8-10-25(11-9-24)20(27)14-4-2-1-3-5-14/h1-7,12H,8-11,13H2,(H,22,23,26). The largest absolute Gasteiger partial charge is 0.336 e. The van der Waals surface area contributed by atoms with Crippen LogP contribution < -0.4 is 5.56 Å². The van der Waals surface area contributed by atoms with E-state index in [4.69, 9.17) is 11.6 Å². The molecule has 0 spiro atoms. The zero-order valence-electron chi connectivity index (χ0n) is 14.7. The molecule has 7 heteroatoms. The molecule has 0 radical (unpaired) electrons. The molecular formula is C20H19ClN4O2. The van der Waals surface area contributed by atoms with Crippen LogP contribution in [0.15, 0.2) is 53.3 Å². The van der Waals surface area contributed by atoms with Crippen molar-refractivity contribution in [2.45, 2.75) is 6.54 Å². The molecule has 0 unspecified atom stereocenters. The van der Waals surface area contributed by atoms with Gasteiger partial charge in [0.25, 0.3) is 11.5 Å². The molecule has 1 aliphatic heterocycles. The van der Waals surface area contributed by atoms with E-state index in [1.165, 1.54) is 0 Å². The summed E-state index contributed by atoms with van der Waals surface area (Å²) < 4.78 is 0. The van der Waals surface area contributed by atoms with Gasteiger partial charge in [-0.3, -0.25) is 14.5 Å². The van der Waals surface area contributed by atoms with Crippen molar-refractivity contribution in [3.63, 3.8) is 0 Å². The summed E-state index contributed by atoms with van der Waals surface area (Å²) in [6.45, 7) is 3.30. The number of H-pyrrole nitrogens is 1. The van der Waals surface area contributed by atoms with Crippen molar-refractivity contribution in [3.05, 3.63) is 75.3 Å². The number of aromatic amines is 1. The second-order valence-corrected chi connectivity index (χ2v) is 7.04. The Morgan fingerprint density at radius 1 is 1.07 bits per heavy atom. The summed E-state index contributed by atoms with van der Waals surface area (Å²) in [5.74, 6) is 0.666. The van der Waals surface area contributed by atoms with E-state index in [1.54, 1.807) is 18.2 Å². The smallest absolute Gasteiger partial charge is 0.258 e. The first-order valence-corrected chi connectivity index (χ1v) is 9.23. The number of hydrogen-bond acceptors (Lipinski definition) is 4. The lowest BCUT2D eigenvalue weighted by molar-refractivity contribution is 0.0625. The number of halogens is 1. The third-order valence-corrected chi connectivity index (χ3v) is 5.01. The van der Waals surface area contributed by atoms with E-state index >= 15 is 0 Å². The van der Waals surface area contributed by atoms with Crippen LogP contribution in [0.5, 0.6) is 0 Å². The number of amides is 1. The molecule has 1 aliphatic rings. The summed E-state index contributed by atoms with van der Waals surface area (Å²) in [5.41, 5.74) is 1.15. The predicted molar refractivity (Wildman–Crippen MR) is 105 cm³/mol. The molecule has 1 fully saturated rings. The minimum Gasteiger partial charge on any atom is -0.336 e. The van der Waals surface area contributed by atoms with Gasteiger partial charge < -0.3 is 9.88 Å². The fourth-order valence-electron chi connectivity index (χ4n) is 3.32. The molecule has 138 valence electrons. The molecule has 0 saturated carbocycles. The van der Waals surface area contributed by atoms with Gasteiger partial charge in [0.05, 0.1) is 17.4 Å². The second kappa shape index (κ2) is 7.50. The fraction of sp³-hybridized carbons (Fsp3) is 0.250. The van der Waals surface area contributed by atoms with Gasteiger partial charge in [-0.15, -0.1) is 0 Å². The topological polar surface area (TPSA) is 69.3 Å². The van der Waals surface area contributed by atoms with E-state index < -0.39 is 0 Å². The minimum atomic E-state index is -0.162. The third kappa shape index (κ3) is 3.86. The number of hydrogen-bond donors (Lipinski definition) is 1. The van der Waals surface area contributed by atoms with E-state index in [1.807, 2.05) is 35.2 Å². The van der Waals surface area contributed by atoms with E-state index in [2.05, 4.69) is 14.9 Å². The Labute approximate surface area is 161 Å². The van der Waals surface area contributed by atoms with Gasteiger partial charge in [0.15, 0.2) is 0 Å². The molecule has 2 heterocycles. The average Bonchev–Trinajstić information content (AvgIpc) is 2.68. The number of nitrogens with zero attached hydrogens (tertiary/aromatic N) is 3. The minimum absolute atomic E-state index is 0.0575. The van der Waals surface area contributed by atoms with Crippen molar-refractivity contribution in [1.82, 2.24) is 19.8 Å². The Balaban J connectivity index is 1.43. The highest BCUT2D eigenvalue weighted by atomic mass is 35.5. The lowest BCUT2D eigenvalue weighted by Gasteiger charge is -2.34. The molecule has 0 atom stereocenters. The van der Waals surface area contributed by atoms with Crippen LogP contribution in [-0.4, -0.2) is 51.9 Å². The molecule has 1 saturated heterocycles. The zero-order valence-corrected chi connectivity index (χ0v) is 15.4. The number of carbonyl (C=O) groups excluding carboxylic acids is 1. The third-order valence-electron chi connectivity index (χ3n) is 4.77. The number of rotatable bonds is 3. The van der Waals surface area contributed by atoms with E-state index in [0.29, 0.717) is 46.9 Å². The Bertz CT molecular complexity index is 1030. The van der Waals surface area contributed by atoms with Crippen LogP contribution in [0.25, 0.3) is 10.9 Å². The second-order valence-electron chi connectivity index (χ2n) is 6.61. The maximum absolute atomic E-state index is 12.5. The number of piperazine rings is 1. The van der Waals surface area contributed by atoms with E-state index in [0.717, 1.165) is 13.1 Å². The van der Waals surface area contributed by atoms with Crippen molar-refractivity contribution in [2.24, 2.45) is 0 Å². The first kappa shape index (κ1) is 17.7. The Kier molecular flexibility index (Phi) is 4.92. The van der Waals surface area contributed by atoms with E-state index in [-0.39, 0.29) is 11.5 Å². The van der Waals surface area contributed by atoms with Crippen molar-refractivity contribution < 1.29 is 4.79 Å². The molecule has 3 aromatic rings. The first-order valence-electron chi connectivity index (χ1n) is 8.85. The maximum atomic E-state index is 12.5. The highest BCUT2D eigenvalue weighted by Gasteiger charge is 2.22. The van der Waals surface area contributed by atoms with Crippen LogP contribution in [0.3, 0.4) is 0 Å². The maximum Gasteiger partial charge on any atom is 0.258 e. The van der Waals surface area contributed by atoms with Crippen LogP contribution in [-0.2, 0) is 6.54 Å². The SMILES string of the molecule is O=C(c1ccccc1)N1CCN(Cc2nc3cc(Cl)ccc3c(=O)[nH]2)CC1. The van der Waals surface area contributed by atoms with Crippen LogP contribution in [0.2, 0.25) is 5.02 Å². The molecule has 2 aromatic carbocycles. The number of fused-ring (bicyclic) bond motifs is 1. The van der Waals surface area contributed by atoms with Crippen molar-refractivity contribution in [2.75, 3.05) is 26.2 Å². The highest BCUT2D eigenvalue weighted by Crippen LogP contribution is 2.15. The van der Waals surface area contributed by atoms with Gasteiger partial charge in [0.1, 0.15) is 5.82 Å². The summed E-state index contributed by atoms with van der Waals surface area (Å²) in [4.78, 5) is 36.2. The molecule has 1 aromatic heterocycles. The first-order chi connectivity index (χ1) is 13.1. The van der Waals surface area contributed by atoms with Crippen molar-refractivity contribution >= 4 is 28.4 Å². The molecule has 6 nitrogen and oxygen atoms in total. The Morgan fingerprint density at radius 3 is 2.56 bits per heavy atom. The monoisotopic (exact) mass is 382 g/mol. The molecule has 0 bridgehead atoms. The fourth-order valence-corrected chi connectivity index (χ4v) is 3.49. The number of aromatic nitrogens is 2. The molecule has 1 N–H and O–H groups in total. The molecule has 1 amide bonds. The number of carbonyl (C=O) groups is 1. The van der Waals surface area contributed by atoms with Crippen LogP contribution in [0, 0.1) is 0 Å². The van der Waals surface area contributed by atoms with Crippen molar-refractivity contribution in [1.29, 1.82) is 0 Å².